The highest BCUT2D eigenvalue weighted by Crippen LogP contribution is 2.29. The Bertz CT molecular complexity index is 878. The summed E-state index contributed by atoms with van der Waals surface area (Å²) in [6, 6.07) is 5.31. The molecule has 1 heterocycles. The number of ether oxygens (including phenoxy) is 3. The Morgan fingerprint density at radius 1 is 1.33 bits per heavy atom. The van der Waals surface area contributed by atoms with E-state index in [0.717, 1.165) is 12.1 Å². The molecule has 0 aliphatic heterocycles. The monoisotopic (exact) mass is 396 g/mol. The van der Waals surface area contributed by atoms with Crippen molar-refractivity contribution in [3.8, 4) is 17.6 Å². The Balaban J connectivity index is 2.04. The van der Waals surface area contributed by atoms with Crippen molar-refractivity contribution in [1.82, 2.24) is 4.98 Å². The number of thiazole rings is 1. The van der Waals surface area contributed by atoms with Gasteiger partial charge in [-0.1, -0.05) is 0 Å². The minimum Gasteiger partial charge on any atom is -0.493 e. The molecule has 7 nitrogen and oxygen atoms in total. The average Bonchev–Trinajstić information content (AvgIpc) is 3.06. The van der Waals surface area contributed by atoms with Gasteiger partial charge in [-0.15, -0.1) is 11.3 Å². The van der Waals surface area contributed by atoms with E-state index in [1.165, 1.54) is 24.5 Å². The van der Waals surface area contributed by atoms with Crippen LogP contribution in [0.15, 0.2) is 23.6 Å². The summed E-state index contributed by atoms with van der Waals surface area (Å²) in [4.78, 5) is 28.3. The summed E-state index contributed by atoms with van der Waals surface area (Å²) in [7, 11) is 1.22. The zero-order valence-corrected chi connectivity index (χ0v) is 15.1. The number of methoxy groups -OCH3 is 1. The van der Waals surface area contributed by atoms with E-state index in [1.54, 1.807) is 12.3 Å². The molecule has 0 saturated heterocycles. The average molecular weight is 396 g/mol. The predicted octanol–water partition coefficient (Wildman–Crippen LogP) is 3.09. The van der Waals surface area contributed by atoms with Gasteiger partial charge in [0.25, 0.3) is 0 Å². The maximum atomic E-state index is 12.3. The molecule has 0 aliphatic rings. The Hall–Kier alpha value is -3.06. The van der Waals surface area contributed by atoms with E-state index >= 15 is 0 Å². The number of esters is 1. The van der Waals surface area contributed by atoms with Crippen LogP contribution >= 0.6 is 11.3 Å². The van der Waals surface area contributed by atoms with E-state index in [4.69, 9.17) is 9.47 Å². The molecular weight excluding hydrogens is 382 g/mol. The number of ketones is 1. The number of rotatable bonds is 8. The summed E-state index contributed by atoms with van der Waals surface area (Å²) >= 11 is 1.17. The molecule has 0 N–H and O–H groups in total. The van der Waals surface area contributed by atoms with E-state index in [-0.39, 0.29) is 17.1 Å². The first-order valence-electron chi connectivity index (χ1n) is 7.50. The molecule has 2 rings (SSSR count). The van der Waals surface area contributed by atoms with Crippen LogP contribution in [0.1, 0.15) is 27.0 Å². The fourth-order valence-corrected chi connectivity index (χ4v) is 2.92. The van der Waals surface area contributed by atoms with Gasteiger partial charge < -0.3 is 14.2 Å². The topological polar surface area (TPSA) is 98.5 Å². The lowest BCUT2D eigenvalue weighted by Crippen LogP contribution is -2.20. The number of hydrogen-bond donors (Lipinski definition) is 0. The van der Waals surface area contributed by atoms with Crippen LogP contribution in [0.2, 0.25) is 0 Å². The summed E-state index contributed by atoms with van der Waals surface area (Å²) < 4.78 is 38.7. The third kappa shape index (κ3) is 5.21. The lowest BCUT2D eigenvalue weighted by atomic mass is 10.1. The molecule has 0 amide bonds. The summed E-state index contributed by atoms with van der Waals surface area (Å²) in [6.07, 6.45) is 0. The zero-order valence-electron chi connectivity index (χ0n) is 14.3. The Morgan fingerprint density at radius 2 is 2.07 bits per heavy atom. The molecule has 0 radical (unpaired) electrons. The van der Waals surface area contributed by atoms with Crippen molar-refractivity contribution in [2.45, 2.75) is 19.5 Å². The molecule has 0 fully saturated rings. The number of nitrogens with zero attached hydrogens (tertiary/aromatic N) is 2. The largest absolute Gasteiger partial charge is 0.493 e. The molecule has 1 aromatic carbocycles. The van der Waals surface area contributed by atoms with Crippen molar-refractivity contribution in [2.75, 3.05) is 13.7 Å². The van der Waals surface area contributed by atoms with Crippen LogP contribution in [0.5, 0.6) is 11.5 Å². The number of benzene rings is 1. The summed E-state index contributed by atoms with van der Waals surface area (Å²) in [5, 5.41) is 11.2. The van der Waals surface area contributed by atoms with E-state index in [9.17, 15) is 23.6 Å². The van der Waals surface area contributed by atoms with Gasteiger partial charge >= 0.3 is 12.6 Å². The van der Waals surface area contributed by atoms with Crippen molar-refractivity contribution in [1.29, 1.82) is 5.26 Å². The van der Waals surface area contributed by atoms with Crippen molar-refractivity contribution in [3.05, 3.63) is 39.8 Å². The van der Waals surface area contributed by atoms with Gasteiger partial charge in [-0.3, -0.25) is 4.79 Å². The van der Waals surface area contributed by atoms with Gasteiger partial charge in [0, 0.05) is 11.1 Å². The molecule has 0 bridgehead atoms. The Kier molecular flexibility index (Phi) is 6.79. The molecule has 10 heteroatoms. The summed E-state index contributed by atoms with van der Waals surface area (Å²) in [5.74, 6) is -2.97. The zero-order chi connectivity index (χ0) is 20.0. The number of carbonyl (C=O) groups excluding carboxylic acids is 2. The first-order valence-corrected chi connectivity index (χ1v) is 8.38. The molecule has 0 saturated carbocycles. The SMILES string of the molecule is COc1cc(C(=O)OCC(=O)[C@@H](C#N)c2nc(C)cs2)ccc1OC(F)F. The fraction of sp³-hybridized carbons (Fsp3) is 0.294. The number of hydrogen-bond acceptors (Lipinski definition) is 8. The van der Waals surface area contributed by atoms with Crippen LogP contribution in [0.4, 0.5) is 8.78 Å². The second kappa shape index (κ2) is 9.05. The fourth-order valence-electron chi connectivity index (χ4n) is 2.06. The van der Waals surface area contributed by atoms with Gasteiger partial charge in [-0.05, 0) is 25.1 Å². The van der Waals surface area contributed by atoms with Crippen molar-refractivity contribution in [3.63, 3.8) is 0 Å². The van der Waals surface area contributed by atoms with Crippen LogP contribution in [0.25, 0.3) is 0 Å². The number of Topliss-reactive ketones (excluding diaryl/α,β-unsaturated/α-hetero) is 1. The van der Waals surface area contributed by atoms with Crippen molar-refractivity contribution in [2.24, 2.45) is 0 Å². The lowest BCUT2D eigenvalue weighted by Gasteiger charge is -2.11. The second-order valence-corrected chi connectivity index (χ2v) is 6.07. The van der Waals surface area contributed by atoms with Crippen molar-refractivity contribution >= 4 is 23.1 Å². The molecule has 0 spiro atoms. The maximum Gasteiger partial charge on any atom is 0.387 e. The van der Waals surface area contributed by atoms with Gasteiger partial charge in [0.1, 0.15) is 5.01 Å². The van der Waals surface area contributed by atoms with Gasteiger partial charge in [0.15, 0.2) is 29.8 Å². The Labute approximate surface area is 157 Å². The molecule has 1 atom stereocenters. The third-order valence-corrected chi connectivity index (χ3v) is 4.32. The first kappa shape index (κ1) is 20.3. The molecular formula is C17H14F2N2O5S. The maximum absolute atomic E-state index is 12.3. The van der Waals surface area contributed by atoms with Crippen molar-refractivity contribution < 1.29 is 32.6 Å². The minimum absolute atomic E-state index is 0.0279. The van der Waals surface area contributed by atoms with Crippen LogP contribution in [-0.2, 0) is 9.53 Å². The predicted molar refractivity (Wildman–Crippen MR) is 90.1 cm³/mol. The second-order valence-electron chi connectivity index (χ2n) is 5.18. The quantitative estimate of drug-likeness (QED) is 0.632. The number of carbonyl (C=O) groups is 2. The van der Waals surface area contributed by atoms with Gasteiger partial charge in [0.05, 0.1) is 18.7 Å². The highest BCUT2D eigenvalue weighted by molar-refractivity contribution is 7.09. The Morgan fingerprint density at radius 3 is 2.63 bits per heavy atom. The van der Waals surface area contributed by atoms with Crippen LogP contribution in [-0.4, -0.2) is 37.1 Å². The van der Waals surface area contributed by atoms with Gasteiger partial charge in [0.2, 0.25) is 0 Å². The lowest BCUT2D eigenvalue weighted by molar-refractivity contribution is -0.122. The molecule has 2 aromatic rings. The number of halogens is 2. The smallest absolute Gasteiger partial charge is 0.387 e. The summed E-state index contributed by atoms with van der Waals surface area (Å²) in [6.45, 7) is -1.95. The van der Waals surface area contributed by atoms with E-state index < -0.39 is 30.9 Å². The first-order chi connectivity index (χ1) is 12.8. The molecule has 1 aromatic heterocycles. The third-order valence-electron chi connectivity index (χ3n) is 3.30. The van der Waals surface area contributed by atoms with Crippen LogP contribution in [0, 0.1) is 18.3 Å². The number of nitriles is 1. The standard InChI is InChI=1S/C17H14F2N2O5S/c1-9-8-27-15(21-9)11(6-20)12(22)7-25-16(23)10-3-4-13(26-17(18)19)14(5-10)24-2/h3-5,8,11,17H,7H2,1-2H3/t11-/m1/s1. The number of alkyl halides is 2. The molecule has 27 heavy (non-hydrogen) atoms. The molecule has 0 unspecified atom stereocenters. The number of aromatic nitrogens is 1. The minimum atomic E-state index is -3.05. The highest BCUT2D eigenvalue weighted by atomic mass is 32.1. The molecule has 142 valence electrons. The van der Waals surface area contributed by atoms with Crippen LogP contribution in [0.3, 0.4) is 0 Å². The van der Waals surface area contributed by atoms with Gasteiger partial charge in [-0.2, -0.15) is 14.0 Å². The van der Waals surface area contributed by atoms with E-state index in [0.29, 0.717) is 10.7 Å². The highest BCUT2D eigenvalue weighted by Gasteiger charge is 2.25. The van der Waals surface area contributed by atoms with E-state index in [2.05, 4.69) is 9.72 Å². The van der Waals surface area contributed by atoms with Crippen LogP contribution < -0.4 is 9.47 Å². The normalized spacial score (nSPS) is 11.6. The molecule has 0 aliphatic carbocycles. The van der Waals surface area contributed by atoms with E-state index in [1.807, 2.05) is 6.07 Å². The van der Waals surface area contributed by atoms with Gasteiger partial charge in [-0.25, -0.2) is 9.78 Å². The number of aryl methyl sites for hydroxylation is 1. The summed E-state index contributed by atoms with van der Waals surface area (Å²) in [5.41, 5.74) is 0.651.